The van der Waals surface area contributed by atoms with Crippen LogP contribution in [0.15, 0.2) is 48.9 Å². The summed E-state index contributed by atoms with van der Waals surface area (Å²) < 4.78 is 25.4. The van der Waals surface area contributed by atoms with Gasteiger partial charge in [0.05, 0.1) is 12.8 Å². The van der Waals surface area contributed by atoms with Crippen molar-refractivity contribution in [2.75, 3.05) is 25.9 Å². The van der Waals surface area contributed by atoms with Crippen LogP contribution in [-0.2, 0) is 6.54 Å². The molecule has 30 heavy (non-hydrogen) atoms. The number of nitrogens with two attached hydrogens (primary N) is 1. The van der Waals surface area contributed by atoms with Crippen LogP contribution in [0.3, 0.4) is 0 Å². The van der Waals surface area contributed by atoms with Crippen molar-refractivity contribution in [3.63, 3.8) is 0 Å². The van der Waals surface area contributed by atoms with Gasteiger partial charge in [-0.2, -0.15) is 0 Å². The van der Waals surface area contributed by atoms with E-state index in [0.717, 1.165) is 30.5 Å². The Bertz CT molecular complexity index is 1000. The molecule has 1 aliphatic heterocycles. The number of ether oxygens (including phenoxy) is 2. The quantitative estimate of drug-likeness (QED) is 0.668. The minimum Gasteiger partial charge on any atom is -0.490 e. The van der Waals surface area contributed by atoms with E-state index in [-0.39, 0.29) is 11.9 Å². The number of anilines is 1. The third-order valence-electron chi connectivity index (χ3n) is 5.11. The molecule has 3 aromatic rings. The van der Waals surface area contributed by atoms with Gasteiger partial charge in [0.15, 0.2) is 5.82 Å². The molecule has 1 aromatic carbocycles. The highest BCUT2D eigenvalue weighted by molar-refractivity contribution is 5.60. The number of pyridine rings is 1. The van der Waals surface area contributed by atoms with E-state index in [4.69, 9.17) is 15.2 Å². The maximum Gasteiger partial charge on any atom is 0.259 e. The van der Waals surface area contributed by atoms with Crippen molar-refractivity contribution in [2.45, 2.75) is 25.5 Å². The fourth-order valence-corrected chi connectivity index (χ4v) is 3.73. The molecule has 1 unspecified atom stereocenters. The van der Waals surface area contributed by atoms with E-state index in [1.807, 2.05) is 0 Å². The highest BCUT2D eigenvalue weighted by Gasteiger charge is 2.24. The summed E-state index contributed by atoms with van der Waals surface area (Å²) in [5, 5.41) is 0. The van der Waals surface area contributed by atoms with Crippen LogP contribution in [0.4, 0.5) is 10.1 Å². The van der Waals surface area contributed by atoms with Gasteiger partial charge in [-0.25, -0.2) is 19.3 Å². The molecule has 0 bridgehead atoms. The highest BCUT2D eigenvalue weighted by Crippen LogP contribution is 2.32. The average Bonchev–Trinajstić information content (AvgIpc) is 2.75. The van der Waals surface area contributed by atoms with Gasteiger partial charge in [0.2, 0.25) is 5.75 Å². The van der Waals surface area contributed by atoms with Gasteiger partial charge in [0, 0.05) is 37.2 Å². The summed E-state index contributed by atoms with van der Waals surface area (Å²) in [5.41, 5.74) is 8.12. The Kier molecular flexibility index (Phi) is 6.04. The van der Waals surface area contributed by atoms with Gasteiger partial charge in [0.25, 0.3) is 5.88 Å². The lowest BCUT2D eigenvalue weighted by molar-refractivity contribution is 0.0785. The number of hydrogen-bond acceptors (Lipinski definition) is 7. The van der Waals surface area contributed by atoms with Crippen molar-refractivity contribution in [3.05, 3.63) is 60.3 Å². The van der Waals surface area contributed by atoms with Crippen LogP contribution in [0, 0.1) is 5.82 Å². The van der Waals surface area contributed by atoms with E-state index < -0.39 is 0 Å². The first kappa shape index (κ1) is 20.0. The Hall–Kier alpha value is -3.26. The van der Waals surface area contributed by atoms with Crippen LogP contribution in [0.1, 0.15) is 18.4 Å². The monoisotopic (exact) mass is 409 g/mol. The lowest BCUT2D eigenvalue weighted by Crippen LogP contribution is -2.40. The second-order valence-electron chi connectivity index (χ2n) is 7.23. The second kappa shape index (κ2) is 9.04. The summed E-state index contributed by atoms with van der Waals surface area (Å²) >= 11 is 0. The van der Waals surface area contributed by atoms with Gasteiger partial charge >= 0.3 is 0 Å². The summed E-state index contributed by atoms with van der Waals surface area (Å²) in [5.74, 6) is 1.16. The third-order valence-corrected chi connectivity index (χ3v) is 5.11. The SMILES string of the molecule is COc1c(N)ccnc1OC1CCCN(Cc2cc(F)ccc2-c2ncccn2)C1. The molecule has 1 atom stereocenters. The lowest BCUT2D eigenvalue weighted by Gasteiger charge is -2.33. The van der Waals surface area contributed by atoms with Gasteiger partial charge in [-0.1, -0.05) is 0 Å². The molecule has 0 saturated carbocycles. The van der Waals surface area contributed by atoms with Crippen molar-refractivity contribution in [1.82, 2.24) is 19.9 Å². The summed E-state index contributed by atoms with van der Waals surface area (Å²) in [6, 6.07) is 8.17. The number of hydrogen-bond donors (Lipinski definition) is 1. The predicted octanol–water partition coefficient (Wildman–Crippen LogP) is 3.31. The number of nitrogens with zero attached hydrogens (tertiary/aromatic N) is 4. The molecule has 3 heterocycles. The normalized spacial score (nSPS) is 16.9. The fraction of sp³-hybridized carbons (Fsp3) is 0.318. The van der Waals surface area contributed by atoms with Crippen molar-refractivity contribution in [1.29, 1.82) is 0 Å². The molecule has 7 nitrogen and oxygen atoms in total. The first-order valence-electron chi connectivity index (χ1n) is 9.87. The van der Waals surface area contributed by atoms with E-state index in [2.05, 4.69) is 19.9 Å². The van der Waals surface area contributed by atoms with Crippen LogP contribution < -0.4 is 15.2 Å². The number of likely N-dealkylation sites (tertiary alicyclic amines) is 1. The standard InChI is InChI=1S/C22H24FN5O2/c1-29-20-19(24)7-10-27-22(20)30-17-4-2-11-28(14-17)13-15-12-16(23)5-6-18(15)21-25-8-3-9-26-21/h3,5-10,12,17H,2,4,11,13-14H2,1H3,(H2,24,27). The first-order chi connectivity index (χ1) is 14.6. The van der Waals surface area contributed by atoms with Crippen LogP contribution in [0.25, 0.3) is 11.4 Å². The van der Waals surface area contributed by atoms with Crippen LogP contribution >= 0.6 is 0 Å². The Morgan fingerprint density at radius 2 is 2.00 bits per heavy atom. The van der Waals surface area contributed by atoms with E-state index in [0.29, 0.717) is 36.2 Å². The molecule has 4 rings (SSSR count). The molecule has 1 fully saturated rings. The van der Waals surface area contributed by atoms with Crippen LogP contribution in [-0.4, -0.2) is 46.2 Å². The van der Waals surface area contributed by atoms with Gasteiger partial charge in [-0.05, 0) is 55.3 Å². The van der Waals surface area contributed by atoms with E-state index >= 15 is 0 Å². The fourth-order valence-electron chi connectivity index (χ4n) is 3.73. The van der Waals surface area contributed by atoms with E-state index in [1.54, 1.807) is 50.0 Å². The molecule has 0 amide bonds. The number of aromatic nitrogens is 3. The van der Waals surface area contributed by atoms with E-state index in [1.165, 1.54) is 6.07 Å². The second-order valence-corrected chi connectivity index (χ2v) is 7.23. The molecule has 2 aromatic heterocycles. The molecular weight excluding hydrogens is 385 g/mol. The maximum absolute atomic E-state index is 14.0. The Morgan fingerprint density at radius 1 is 1.17 bits per heavy atom. The van der Waals surface area contributed by atoms with Crippen molar-refractivity contribution in [3.8, 4) is 23.0 Å². The third kappa shape index (κ3) is 4.49. The summed E-state index contributed by atoms with van der Waals surface area (Å²) in [7, 11) is 1.55. The largest absolute Gasteiger partial charge is 0.490 e. The Morgan fingerprint density at radius 3 is 2.80 bits per heavy atom. The summed E-state index contributed by atoms with van der Waals surface area (Å²) in [6.07, 6.45) is 6.77. The number of nitrogen functional groups attached to an aromatic ring is 1. The predicted molar refractivity (Wildman–Crippen MR) is 112 cm³/mol. The highest BCUT2D eigenvalue weighted by atomic mass is 19.1. The molecule has 0 aliphatic carbocycles. The zero-order valence-corrected chi connectivity index (χ0v) is 16.8. The van der Waals surface area contributed by atoms with Gasteiger partial charge in [-0.15, -0.1) is 0 Å². The lowest BCUT2D eigenvalue weighted by atomic mass is 10.0. The minimum absolute atomic E-state index is 0.0630. The smallest absolute Gasteiger partial charge is 0.259 e. The number of rotatable bonds is 6. The van der Waals surface area contributed by atoms with Crippen LogP contribution in [0.2, 0.25) is 0 Å². The molecule has 2 N–H and O–H groups in total. The van der Waals surface area contributed by atoms with Crippen molar-refractivity contribution < 1.29 is 13.9 Å². The van der Waals surface area contributed by atoms with Crippen molar-refractivity contribution >= 4 is 5.69 Å². The minimum atomic E-state index is -0.275. The molecule has 156 valence electrons. The molecule has 0 spiro atoms. The molecular formula is C22H24FN5O2. The van der Waals surface area contributed by atoms with Gasteiger partial charge in [0.1, 0.15) is 11.9 Å². The zero-order valence-electron chi connectivity index (χ0n) is 16.8. The summed E-state index contributed by atoms with van der Waals surface area (Å²) in [4.78, 5) is 15.2. The van der Waals surface area contributed by atoms with Crippen LogP contribution in [0.5, 0.6) is 11.6 Å². The molecule has 1 saturated heterocycles. The van der Waals surface area contributed by atoms with E-state index in [9.17, 15) is 4.39 Å². The topological polar surface area (TPSA) is 86.4 Å². The number of methoxy groups -OCH3 is 1. The first-order valence-corrected chi connectivity index (χ1v) is 9.87. The van der Waals surface area contributed by atoms with Gasteiger partial charge in [-0.3, -0.25) is 4.90 Å². The summed E-state index contributed by atoms with van der Waals surface area (Å²) in [6.45, 7) is 2.16. The Balaban J connectivity index is 1.50. The Labute approximate surface area is 174 Å². The maximum atomic E-state index is 14.0. The zero-order chi connectivity index (χ0) is 20.9. The van der Waals surface area contributed by atoms with Crippen molar-refractivity contribution in [2.24, 2.45) is 0 Å². The number of piperidine rings is 1. The molecule has 8 heteroatoms. The number of halogens is 1. The molecule has 1 aliphatic rings. The van der Waals surface area contributed by atoms with Gasteiger partial charge < -0.3 is 15.2 Å². The number of benzene rings is 1. The molecule has 0 radical (unpaired) electrons. The average molecular weight is 409 g/mol.